The lowest BCUT2D eigenvalue weighted by Crippen LogP contribution is -2.13. The van der Waals surface area contributed by atoms with Crippen molar-refractivity contribution < 1.29 is 9.72 Å². The van der Waals surface area contributed by atoms with Gasteiger partial charge in [-0.15, -0.1) is 0 Å². The zero-order valence-corrected chi connectivity index (χ0v) is 14.8. The van der Waals surface area contributed by atoms with Gasteiger partial charge in [0.25, 0.3) is 11.6 Å². The summed E-state index contributed by atoms with van der Waals surface area (Å²) in [5.74, 6) is -0.556. The zero-order chi connectivity index (χ0) is 20.1. The Hall–Kier alpha value is -4.25. The van der Waals surface area contributed by atoms with E-state index in [9.17, 15) is 20.2 Å². The quantitative estimate of drug-likeness (QED) is 0.304. The Kier molecular flexibility index (Phi) is 5.28. The molecule has 0 fully saturated rings. The number of hydrogen-bond donors (Lipinski definition) is 2. The Labute approximate surface area is 160 Å². The van der Waals surface area contributed by atoms with E-state index in [2.05, 4.69) is 15.5 Å². The van der Waals surface area contributed by atoms with Crippen molar-refractivity contribution in [1.82, 2.24) is 10.2 Å². The molecule has 1 heterocycles. The van der Waals surface area contributed by atoms with Gasteiger partial charge in [-0.1, -0.05) is 24.3 Å². The third-order valence-corrected chi connectivity index (χ3v) is 3.96. The van der Waals surface area contributed by atoms with Crippen LogP contribution in [0, 0.1) is 28.4 Å². The number of benzene rings is 2. The van der Waals surface area contributed by atoms with Gasteiger partial charge in [-0.3, -0.25) is 20.0 Å². The van der Waals surface area contributed by atoms with Gasteiger partial charge in [0.1, 0.15) is 11.6 Å². The van der Waals surface area contributed by atoms with E-state index < -0.39 is 10.8 Å². The van der Waals surface area contributed by atoms with E-state index in [1.165, 1.54) is 24.4 Å². The number of aromatic nitrogens is 2. The molecule has 8 nitrogen and oxygen atoms in total. The Morgan fingerprint density at radius 1 is 1.29 bits per heavy atom. The SMILES string of the molecule is Cc1cccc(NC(=O)/C(C#N)=C/c2cn[nH]c2-c2cccc([N+](=O)[O-])c2)c1. The Morgan fingerprint density at radius 2 is 2.07 bits per heavy atom. The van der Waals surface area contributed by atoms with E-state index in [0.29, 0.717) is 22.5 Å². The minimum atomic E-state index is -0.556. The van der Waals surface area contributed by atoms with Gasteiger partial charge in [0.15, 0.2) is 0 Å². The molecule has 0 saturated carbocycles. The average molecular weight is 373 g/mol. The molecule has 0 radical (unpaired) electrons. The fourth-order valence-corrected chi connectivity index (χ4v) is 2.64. The molecule has 0 unspecified atom stereocenters. The fourth-order valence-electron chi connectivity index (χ4n) is 2.64. The largest absolute Gasteiger partial charge is 0.321 e. The van der Waals surface area contributed by atoms with Crippen LogP contribution < -0.4 is 5.32 Å². The Morgan fingerprint density at radius 3 is 2.79 bits per heavy atom. The third-order valence-electron chi connectivity index (χ3n) is 3.96. The summed E-state index contributed by atoms with van der Waals surface area (Å²) in [6, 6.07) is 15.1. The molecule has 0 saturated heterocycles. The summed E-state index contributed by atoms with van der Waals surface area (Å²) in [6.07, 6.45) is 2.84. The molecule has 2 aromatic carbocycles. The molecule has 1 amide bonds. The summed E-state index contributed by atoms with van der Waals surface area (Å²) >= 11 is 0. The Bertz CT molecular complexity index is 1120. The number of aromatic amines is 1. The summed E-state index contributed by atoms with van der Waals surface area (Å²) in [5, 5.41) is 29.8. The molecule has 3 aromatic rings. The third kappa shape index (κ3) is 4.11. The van der Waals surface area contributed by atoms with Crippen molar-refractivity contribution in [3.63, 3.8) is 0 Å². The van der Waals surface area contributed by atoms with Crippen molar-refractivity contribution >= 4 is 23.4 Å². The molecule has 0 atom stereocenters. The normalized spacial score (nSPS) is 10.9. The topological polar surface area (TPSA) is 125 Å². The maximum Gasteiger partial charge on any atom is 0.270 e. The number of nitrogens with zero attached hydrogens (tertiary/aromatic N) is 3. The monoisotopic (exact) mass is 373 g/mol. The molecule has 1 aromatic heterocycles. The number of anilines is 1. The first-order valence-corrected chi connectivity index (χ1v) is 8.26. The van der Waals surface area contributed by atoms with Gasteiger partial charge in [0.2, 0.25) is 0 Å². The minimum absolute atomic E-state index is 0.0697. The van der Waals surface area contributed by atoms with Crippen molar-refractivity contribution in [1.29, 1.82) is 5.26 Å². The van der Waals surface area contributed by atoms with Gasteiger partial charge < -0.3 is 5.32 Å². The highest BCUT2D eigenvalue weighted by Crippen LogP contribution is 2.26. The van der Waals surface area contributed by atoms with E-state index in [1.54, 1.807) is 30.3 Å². The second kappa shape index (κ2) is 7.97. The summed E-state index contributed by atoms with van der Waals surface area (Å²) in [7, 11) is 0. The maximum absolute atomic E-state index is 12.5. The molecule has 3 rings (SSSR count). The van der Waals surface area contributed by atoms with Crippen LogP contribution in [0.15, 0.2) is 60.3 Å². The highest BCUT2D eigenvalue weighted by Gasteiger charge is 2.14. The lowest BCUT2D eigenvalue weighted by Gasteiger charge is -2.05. The first-order valence-electron chi connectivity index (χ1n) is 8.26. The zero-order valence-electron chi connectivity index (χ0n) is 14.8. The highest BCUT2D eigenvalue weighted by molar-refractivity contribution is 6.10. The minimum Gasteiger partial charge on any atom is -0.321 e. The second-order valence-electron chi connectivity index (χ2n) is 6.00. The standard InChI is InChI=1S/C20H15N5O3/c1-13-4-2-6-17(8-13)23-20(26)15(11-21)9-16-12-22-24-19(16)14-5-3-7-18(10-14)25(27)28/h2-10,12H,1H3,(H,22,24)(H,23,26)/b15-9+. The number of rotatable bonds is 5. The number of nitrogens with one attached hydrogen (secondary N) is 2. The number of amides is 1. The van der Waals surface area contributed by atoms with Crippen molar-refractivity contribution in [2.24, 2.45) is 0 Å². The van der Waals surface area contributed by atoms with E-state index in [1.807, 2.05) is 19.1 Å². The number of nitro groups is 1. The van der Waals surface area contributed by atoms with Gasteiger partial charge >= 0.3 is 0 Å². The number of nitriles is 1. The van der Waals surface area contributed by atoms with Crippen molar-refractivity contribution in [2.45, 2.75) is 6.92 Å². The fraction of sp³-hybridized carbons (Fsp3) is 0.0500. The smallest absolute Gasteiger partial charge is 0.270 e. The first kappa shape index (κ1) is 18.5. The van der Waals surface area contributed by atoms with Crippen LogP contribution in [0.4, 0.5) is 11.4 Å². The number of carbonyl (C=O) groups excluding carboxylic acids is 1. The summed E-state index contributed by atoms with van der Waals surface area (Å²) in [6.45, 7) is 1.90. The molecule has 138 valence electrons. The maximum atomic E-state index is 12.5. The lowest BCUT2D eigenvalue weighted by molar-refractivity contribution is -0.384. The van der Waals surface area contributed by atoms with Gasteiger partial charge in [0.05, 0.1) is 16.8 Å². The number of hydrogen-bond acceptors (Lipinski definition) is 5. The van der Waals surface area contributed by atoms with Crippen LogP contribution in [0.5, 0.6) is 0 Å². The van der Waals surface area contributed by atoms with E-state index in [-0.39, 0.29) is 11.3 Å². The average Bonchev–Trinajstić information content (AvgIpc) is 3.14. The molecule has 2 N–H and O–H groups in total. The number of H-pyrrole nitrogens is 1. The van der Waals surface area contributed by atoms with Gasteiger partial charge in [-0.25, -0.2) is 0 Å². The Balaban J connectivity index is 1.91. The predicted molar refractivity (Wildman–Crippen MR) is 104 cm³/mol. The molecule has 0 aliphatic carbocycles. The van der Waals surface area contributed by atoms with Crippen LogP contribution >= 0.6 is 0 Å². The van der Waals surface area contributed by atoms with Crippen LogP contribution in [-0.2, 0) is 4.79 Å². The molecular formula is C20H15N5O3. The predicted octanol–water partition coefficient (Wildman–Crippen LogP) is 3.84. The van der Waals surface area contributed by atoms with E-state index >= 15 is 0 Å². The number of carbonyl (C=O) groups is 1. The van der Waals surface area contributed by atoms with Crippen molar-refractivity contribution in [2.75, 3.05) is 5.32 Å². The van der Waals surface area contributed by atoms with Gasteiger partial charge in [-0.2, -0.15) is 10.4 Å². The van der Waals surface area contributed by atoms with E-state index in [4.69, 9.17) is 0 Å². The summed E-state index contributed by atoms with van der Waals surface area (Å²) in [5.41, 5.74) is 2.83. The van der Waals surface area contributed by atoms with Gasteiger partial charge in [-0.05, 0) is 30.7 Å². The molecular weight excluding hydrogens is 358 g/mol. The van der Waals surface area contributed by atoms with E-state index in [0.717, 1.165) is 5.56 Å². The molecule has 0 bridgehead atoms. The van der Waals surface area contributed by atoms with Crippen molar-refractivity contribution in [3.05, 3.63) is 81.5 Å². The molecule has 8 heteroatoms. The van der Waals surface area contributed by atoms with Gasteiger partial charge in [0, 0.05) is 28.9 Å². The highest BCUT2D eigenvalue weighted by atomic mass is 16.6. The van der Waals surface area contributed by atoms with Crippen LogP contribution in [0.25, 0.3) is 17.3 Å². The van der Waals surface area contributed by atoms with Crippen LogP contribution in [-0.4, -0.2) is 21.0 Å². The van der Waals surface area contributed by atoms with Crippen LogP contribution in [0.3, 0.4) is 0 Å². The van der Waals surface area contributed by atoms with Crippen LogP contribution in [0.1, 0.15) is 11.1 Å². The second-order valence-corrected chi connectivity index (χ2v) is 6.00. The number of nitro benzene ring substituents is 1. The molecule has 0 spiro atoms. The molecule has 0 aliphatic rings. The summed E-state index contributed by atoms with van der Waals surface area (Å²) < 4.78 is 0. The number of aryl methyl sites for hydroxylation is 1. The molecule has 28 heavy (non-hydrogen) atoms. The number of non-ortho nitro benzene ring substituents is 1. The molecule has 0 aliphatic heterocycles. The summed E-state index contributed by atoms with van der Waals surface area (Å²) in [4.78, 5) is 22.9. The lowest BCUT2D eigenvalue weighted by atomic mass is 10.1. The van der Waals surface area contributed by atoms with Crippen molar-refractivity contribution in [3.8, 4) is 17.3 Å². The van der Waals surface area contributed by atoms with Crippen LogP contribution in [0.2, 0.25) is 0 Å². The first-order chi connectivity index (χ1) is 13.5.